The summed E-state index contributed by atoms with van der Waals surface area (Å²) in [4.78, 5) is 15.4. The molecular formula is C13H12N4O. The van der Waals surface area contributed by atoms with Crippen LogP contribution in [0.2, 0.25) is 0 Å². The van der Waals surface area contributed by atoms with E-state index in [4.69, 9.17) is 5.73 Å². The smallest absolute Gasteiger partial charge is 0.280 e. The Morgan fingerprint density at radius 3 is 2.94 bits per heavy atom. The molecule has 0 amide bonds. The minimum atomic E-state index is -0.192. The monoisotopic (exact) mass is 240 g/mol. The summed E-state index contributed by atoms with van der Waals surface area (Å²) < 4.78 is 1.28. The zero-order valence-electron chi connectivity index (χ0n) is 9.84. The van der Waals surface area contributed by atoms with Crippen molar-refractivity contribution in [3.8, 4) is 0 Å². The second kappa shape index (κ2) is 3.73. The van der Waals surface area contributed by atoms with Crippen molar-refractivity contribution in [1.82, 2.24) is 14.8 Å². The molecule has 0 spiro atoms. The van der Waals surface area contributed by atoms with Crippen LogP contribution in [0.1, 0.15) is 16.1 Å². The van der Waals surface area contributed by atoms with Crippen LogP contribution in [0.5, 0.6) is 0 Å². The number of nitrogens with zero attached hydrogens (tertiary/aromatic N) is 2. The Morgan fingerprint density at radius 1 is 1.39 bits per heavy atom. The zero-order chi connectivity index (χ0) is 12.7. The molecule has 1 aromatic carbocycles. The van der Waals surface area contributed by atoms with Crippen molar-refractivity contribution < 1.29 is 4.79 Å². The van der Waals surface area contributed by atoms with E-state index in [1.54, 1.807) is 19.2 Å². The van der Waals surface area contributed by atoms with E-state index < -0.39 is 0 Å². The molecule has 3 N–H and O–H groups in total. The SMILES string of the molecule is Cc1nn(C(=O)c2cccc3cc[nH]c23)cc1N. The molecule has 2 aromatic heterocycles. The van der Waals surface area contributed by atoms with Gasteiger partial charge in [-0.3, -0.25) is 4.79 Å². The number of hydrogen-bond acceptors (Lipinski definition) is 3. The standard InChI is InChI=1S/C13H12N4O/c1-8-11(14)7-17(16-8)13(18)10-4-2-3-9-5-6-15-12(9)10/h2-7,15H,14H2,1H3. The van der Waals surface area contributed by atoms with Gasteiger partial charge in [0.25, 0.3) is 5.91 Å². The van der Waals surface area contributed by atoms with E-state index in [0.717, 1.165) is 10.9 Å². The Bertz CT molecular complexity index is 719. The van der Waals surface area contributed by atoms with Crippen molar-refractivity contribution in [2.24, 2.45) is 0 Å². The number of aromatic nitrogens is 3. The molecule has 3 aromatic rings. The number of nitrogen functional groups attached to an aromatic ring is 1. The van der Waals surface area contributed by atoms with Crippen molar-refractivity contribution in [3.63, 3.8) is 0 Å². The maximum Gasteiger partial charge on any atom is 0.280 e. The third-order valence-electron chi connectivity index (χ3n) is 2.96. The van der Waals surface area contributed by atoms with Crippen molar-refractivity contribution in [2.45, 2.75) is 6.92 Å². The van der Waals surface area contributed by atoms with Crippen LogP contribution in [0.25, 0.3) is 10.9 Å². The summed E-state index contributed by atoms with van der Waals surface area (Å²) in [6.45, 7) is 1.77. The van der Waals surface area contributed by atoms with Crippen molar-refractivity contribution in [2.75, 3.05) is 5.73 Å². The van der Waals surface area contributed by atoms with Gasteiger partial charge in [0, 0.05) is 11.6 Å². The first-order valence-corrected chi connectivity index (χ1v) is 5.59. The molecular weight excluding hydrogens is 228 g/mol. The number of aryl methyl sites for hydroxylation is 1. The van der Waals surface area contributed by atoms with Gasteiger partial charge in [-0.2, -0.15) is 5.10 Å². The van der Waals surface area contributed by atoms with Gasteiger partial charge in [-0.25, -0.2) is 4.68 Å². The molecule has 0 saturated carbocycles. The van der Waals surface area contributed by atoms with E-state index >= 15 is 0 Å². The second-order valence-electron chi connectivity index (χ2n) is 4.17. The largest absolute Gasteiger partial charge is 0.396 e. The number of nitrogens with one attached hydrogen (secondary N) is 1. The lowest BCUT2D eigenvalue weighted by Crippen LogP contribution is -2.13. The van der Waals surface area contributed by atoms with Crippen LogP contribution in [-0.2, 0) is 0 Å². The van der Waals surface area contributed by atoms with Crippen molar-refractivity contribution in [3.05, 3.63) is 47.9 Å². The fraction of sp³-hybridized carbons (Fsp3) is 0.0769. The van der Waals surface area contributed by atoms with Gasteiger partial charge in [-0.05, 0) is 19.1 Å². The lowest BCUT2D eigenvalue weighted by molar-refractivity contribution is 0.0946. The average Bonchev–Trinajstić information content (AvgIpc) is 2.95. The summed E-state index contributed by atoms with van der Waals surface area (Å²) in [6.07, 6.45) is 3.35. The van der Waals surface area contributed by atoms with Gasteiger partial charge >= 0.3 is 0 Å². The van der Waals surface area contributed by atoms with Crippen molar-refractivity contribution in [1.29, 1.82) is 0 Å². The molecule has 0 unspecified atom stereocenters. The van der Waals surface area contributed by atoms with E-state index in [9.17, 15) is 4.79 Å². The molecule has 0 radical (unpaired) electrons. The predicted octanol–water partition coefficient (Wildman–Crippen LogP) is 1.94. The normalized spacial score (nSPS) is 10.9. The molecule has 0 aliphatic carbocycles. The minimum Gasteiger partial charge on any atom is -0.396 e. The summed E-state index contributed by atoms with van der Waals surface area (Å²) in [6, 6.07) is 7.50. The van der Waals surface area contributed by atoms with Gasteiger partial charge in [0.2, 0.25) is 0 Å². The molecule has 2 heterocycles. The molecule has 0 fully saturated rings. The topological polar surface area (TPSA) is 76.7 Å². The van der Waals surface area contributed by atoms with Gasteiger partial charge in [0.1, 0.15) is 0 Å². The molecule has 0 atom stereocenters. The number of hydrogen-bond donors (Lipinski definition) is 2. The quantitative estimate of drug-likeness (QED) is 0.682. The Labute approximate surface area is 103 Å². The summed E-state index contributed by atoms with van der Waals surface area (Å²) in [5, 5.41) is 5.10. The van der Waals surface area contributed by atoms with E-state index in [-0.39, 0.29) is 5.91 Å². The number of H-pyrrole nitrogens is 1. The van der Waals surface area contributed by atoms with Crippen LogP contribution in [0.4, 0.5) is 5.69 Å². The molecule has 5 nitrogen and oxygen atoms in total. The molecule has 0 aliphatic rings. The molecule has 90 valence electrons. The number of rotatable bonds is 1. The number of para-hydroxylation sites is 1. The molecule has 3 rings (SSSR count). The van der Waals surface area contributed by atoms with Crippen LogP contribution in [0.15, 0.2) is 36.7 Å². The average molecular weight is 240 g/mol. The van der Waals surface area contributed by atoms with Gasteiger partial charge in [0.15, 0.2) is 0 Å². The highest BCUT2D eigenvalue weighted by Crippen LogP contribution is 2.18. The summed E-state index contributed by atoms with van der Waals surface area (Å²) in [5.74, 6) is -0.192. The summed E-state index contributed by atoms with van der Waals surface area (Å²) in [7, 11) is 0. The van der Waals surface area contributed by atoms with Crippen LogP contribution in [0, 0.1) is 6.92 Å². The first-order valence-electron chi connectivity index (χ1n) is 5.59. The summed E-state index contributed by atoms with van der Waals surface area (Å²) in [5.41, 5.74) is 8.27. The van der Waals surface area contributed by atoms with Gasteiger partial charge < -0.3 is 10.7 Å². The van der Waals surface area contributed by atoms with Crippen molar-refractivity contribution >= 4 is 22.5 Å². The summed E-state index contributed by atoms with van der Waals surface area (Å²) >= 11 is 0. The second-order valence-corrected chi connectivity index (χ2v) is 4.17. The van der Waals surface area contributed by atoms with Crippen LogP contribution in [0.3, 0.4) is 0 Å². The maximum atomic E-state index is 12.3. The van der Waals surface area contributed by atoms with Crippen LogP contribution < -0.4 is 5.73 Å². The Balaban J connectivity index is 2.14. The van der Waals surface area contributed by atoms with E-state index in [0.29, 0.717) is 16.9 Å². The molecule has 18 heavy (non-hydrogen) atoms. The number of nitrogens with two attached hydrogens (primary N) is 1. The van der Waals surface area contributed by atoms with Crippen LogP contribution in [-0.4, -0.2) is 20.7 Å². The zero-order valence-corrected chi connectivity index (χ0v) is 9.84. The van der Waals surface area contributed by atoms with E-state index in [1.165, 1.54) is 4.68 Å². The first kappa shape index (κ1) is 10.6. The first-order chi connectivity index (χ1) is 8.66. The number of benzene rings is 1. The van der Waals surface area contributed by atoms with Gasteiger partial charge in [-0.15, -0.1) is 0 Å². The number of carbonyl (C=O) groups is 1. The molecule has 0 aliphatic heterocycles. The lowest BCUT2D eigenvalue weighted by Gasteiger charge is -2.02. The molecule has 0 bridgehead atoms. The Hall–Kier alpha value is -2.56. The highest BCUT2D eigenvalue weighted by molar-refractivity contribution is 6.06. The highest BCUT2D eigenvalue weighted by Gasteiger charge is 2.14. The lowest BCUT2D eigenvalue weighted by atomic mass is 10.1. The van der Waals surface area contributed by atoms with Crippen LogP contribution >= 0.6 is 0 Å². The molecule has 0 saturated heterocycles. The number of carbonyl (C=O) groups excluding carboxylic acids is 1. The Kier molecular flexibility index (Phi) is 2.19. The predicted molar refractivity (Wildman–Crippen MR) is 69.4 cm³/mol. The number of fused-ring (bicyclic) bond motifs is 1. The van der Waals surface area contributed by atoms with Gasteiger partial charge in [-0.1, -0.05) is 12.1 Å². The fourth-order valence-corrected chi connectivity index (χ4v) is 1.96. The number of anilines is 1. The minimum absolute atomic E-state index is 0.192. The maximum absolute atomic E-state index is 12.3. The Morgan fingerprint density at radius 2 is 2.22 bits per heavy atom. The molecule has 5 heteroatoms. The van der Waals surface area contributed by atoms with E-state index in [2.05, 4.69) is 10.1 Å². The highest BCUT2D eigenvalue weighted by atomic mass is 16.2. The number of aromatic amines is 1. The fourth-order valence-electron chi connectivity index (χ4n) is 1.96. The third-order valence-corrected chi connectivity index (χ3v) is 2.96. The van der Waals surface area contributed by atoms with E-state index in [1.807, 2.05) is 24.4 Å². The van der Waals surface area contributed by atoms with Gasteiger partial charge in [0.05, 0.1) is 28.7 Å². The third kappa shape index (κ3) is 1.48.